The second-order valence-corrected chi connectivity index (χ2v) is 6.08. The van der Waals surface area contributed by atoms with E-state index in [4.69, 9.17) is 17.3 Å². The summed E-state index contributed by atoms with van der Waals surface area (Å²) in [5, 5.41) is 0.550. The summed E-state index contributed by atoms with van der Waals surface area (Å²) in [6, 6.07) is 4.95. The highest BCUT2D eigenvalue weighted by Gasteiger charge is 2.28. The molecule has 0 saturated carbocycles. The van der Waals surface area contributed by atoms with Gasteiger partial charge in [0.1, 0.15) is 5.82 Å². The third-order valence-corrected chi connectivity index (χ3v) is 4.44. The van der Waals surface area contributed by atoms with E-state index in [0.717, 1.165) is 19.5 Å². The molecule has 3 nitrogen and oxygen atoms in total. The number of hydrogen-bond donors (Lipinski definition) is 1. The number of likely N-dealkylation sites (N-methyl/N-ethyl adjacent to an activating group) is 2. The van der Waals surface area contributed by atoms with E-state index in [-0.39, 0.29) is 11.9 Å². The number of likely N-dealkylation sites (tertiary alicyclic amines) is 1. The molecule has 1 aromatic carbocycles. The lowest BCUT2D eigenvalue weighted by Gasteiger charge is -2.40. The summed E-state index contributed by atoms with van der Waals surface area (Å²) < 4.78 is 14.1. The number of piperidine rings is 1. The normalized spacial score (nSPS) is 22.2. The highest BCUT2D eigenvalue weighted by Crippen LogP contribution is 2.28. The van der Waals surface area contributed by atoms with Crippen LogP contribution in [0.2, 0.25) is 5.02 Å². The van der Waals surface area contributed by atoms with Crippen LogP contribution in [-0.2, 0) is 0 Å². The second kappa shape index (κ2) is 6.85. The summed E-state index contributed by atoms with van der Waals surface area (Å²) in [7, 11) is 4.15. The zero-order chi connectivity index (χ0) is 14.7. The summed E-state index contributed by atoms with van der Waals surface area (Å²) in [4.78, 5) is 4.51. The first-order chi connectivity index (χ1) is 9.52. The molecular weight excluding hydrogens is 277 g/mol. The van der Waals surface area contributed by atoms with Gasteiger partial charge in [-0.15, -0.1) is 0 Å². The van der Waals surface area contributed by atoms with Crippen molar-refractivity contribution in [1.29, 1.82) is 0 Å². The number of nitrogens with zero attached hydrogens (tertiary/aromatic N) is 2. The van der Waals surface area contributed by atoms with Gasteiger partial charge in [0.05, 0.1) is 0 Å². The molecule has 1 fully saturated rings. The molecule has 0 aliphatic carbocycles. The Kier molecular flexibility index (Phi) is 5.38. The monoisotopic (exact) mass is 299 g/mol. The van der Waals surface area contributed by atoms with E-state index in [9.17, 15) is 4.39 Å². The Hall–Kier alpha value is -0.680. The molecule has 2 unspecified atom stereocenters. The van der Waals surface area contributed by atoms with Gasteiger partial charge < -0.3 is 10.6 Å². The van der Waals surface area contributed by atoms with Crippen molar-refractivity contribution < 1.29 is 4.39 Å². The van der Waals surface area contributed by atoms with Gasteiger partial charge in [0, 0.05) is 35.8 Å². The molecule has 1 saturated heterocycles. The van der Waals surface area contributed by atoms with Crippen molar-refractivity contribution in [2.24, 2.45) is 5.73 Å². The predicted molar refractivity (Wildman–Crippen MR) is 81.5 cm³/mol. The van der Waals surface area contributed by atoms with E-state index in [1.165, 1.54) is 12.5 Å². The Labute approximate surface area is 125 Å². The maximum atomic E-state index is 14.1. The van der Waals surface area contributed by atoms with Crippen molar-refractivity contribution >= 4 is 11.6 Å². The molecule has 2 N–H and O–H groups in total. The fourth-order valence-corrected chi connectivity index (χ4v) is 3.19. The van der Waals surface area contributed by atoms with Gasteiger partial charge in [-0.25, -0.2) is 4.39 Å². The number of benzene rings is 1. The first kappa shape index (κ1) is 15.7. The molecule has 112 valence electrons. The highest BCUT2D eigenvalue weighted by atomic mass is 35.5. The average Bonchev–Trinajstić information content (AvgIpc) is 2.43. The molecule has 1 aliphatic rings. The van der Waals surface area contributed by atoms with Crippen LogP contribution in [0, 0.1) is 5.82 Å². The molecule has 1 aliphatic heterocycles. The van der Waals surface area contributed by atoms with Gasteiger partial charge in [0.25, 0.3) is 0 Å². The Balaban J connectivity index is 2.20. The van der Waals surface area contributed by atoms with E-state index in [2.05, 4.69) is 16.8 Å². The van der Waals surface area contributed by atoms with Crippen LogP contribution in [0.4, 0.5) is 4.39 Å². The minimum Gasteiger partial charge on any atom is -0.329 e. The molecule has 2 rings (SSSR count). The quantitative estimate of drug-likeness (QED) is 0.927. The third-order valence-electron chi connectivity index (χ3n) is 4.21. The van der Waals surface area contributed by atoms with E-state index >= 15 is 0 Å². The molecule has 0 bridgehead atoms. The summed E-state index contributed by atoms with van der Waals surface area (Å²) in [6.07, 6.45) is 2.29. The molecular formula is C15H23ClFN3. The van der Waals surface area contributed by atoms with Crippen LogP contribution < -0.4 is 5.73 Å². The number of hydrogen-bond acceptors (Lipinski definition) is 3. The van der Waals surface area contributed by atoms with Crippen molar-refractivity contribution in [3.63, 3.8) is 0 Å². The molecule has 0 aromatic heterocycles. The molecule has 2 atom stereocenters. The smallest absolute Gasteiger partial charge is 0.128 e. The molecule has 5 heteroatoms. The van der Waals surface area contributed by atoms with Crippen LogP contribution in [0.3, 0.4) is 0 Å². The lowest BCUT2D eigenvalue weighted by atomic mass is 9.99. The van der Waals surface area contributed by atoms with E-state index in [0.29, 0.717) is 23.2 Å². The van der Waals surface area contributed by atoms with Crippen LogP contribution >= 0.6 is 11.6 Å². The maximum Gasteiger partial charge on any atom is 0.128 e. The lowest BCUT2D eigenvalue weighted by Crippen LogP contribution is -2.47. The van der Waals surface area contributed by atoms with Crippen LogP contribution in [0.25, 0.3) is 0 Å². The van der Waals surface area contributed by atoms with Crippen LogP contribution in [0.15, 0.2) is 18.2 Å². The molecule has 1 aromatic rings. The second-order valence-electron chi connectivity index (χ2n) is 5.64. The molecule has 0 amide bonds. The Bertz CT molecular complexity index is 455. The van der Waals surface area contributed by atoms with Gasteiger partial charge >= 0.3 is 0 Å². The zero-order valence-electron chi connectivity index (χ0n) is 12.1. The third kappa shape index (κ3) is 3.50. The summed E-state index contributed by atoms with van der Waals surface area (Å²) in [5.41, 5.74) is 6.49. The van der Waals surface area contributed by atoms with Gasteiger partial charge in [-0.1, -0.05) is 11.6 Å². The number of halogens is 2. The van der Waals surface area contributed by atoms with Crippen molar-refractivity contribution in [3.05, 3.63) is 34.6 Å². The van der Waals surface area contributed by atoms with Gasteiger partial charge in [-0.3, -0.25) is 4.90 Å². The predicted octanol–water partition coefficient (Wildman–Crippen LogP) is 2.50. The van der Waals surface area contributed by atoms with Crippen molar-refractivity contribution in [2.45, 2.75) is 24.9 Å². The fourth-order valence-electron chi connectivity index (χ4n) is 3.01. The SMILES string of the molecule is CN1CCCC(N(C)C(CN)c2cc(Cl)ccc2F)C1. The Morgan fingerprint density at radius 2 is 2.30 bits per heavy atom. The van der Waals surface area contributed by atoms with E-state index in [1.807, 2.05) is 7.05 Å². The van der Waals surface area contributed by atoms with Crippen LogP contribution in [-0.4, -0.2) is 49.6 Å². The summed E-state index contributed by atoms with van der Waals surface area (Å²) in [5.74, 6) is -0.235. The summed E-state index contributed by atoms with van der Waals surface area (Å²) >= 11 is 6.00. The average molecular weight is 300 g/mol. The van der Waals surface area contributed by atoms with E-state index < -0.39 is 0 Å². The molecule has 1 heterocycles. The Morgan fingerprint density at radius 3 is 2.95 bits per heavy atom. The van der Waals surface area contributed by atoms with Crippen molar-refractivity contribution in [2.75, 3.05) is 33.7 Å². The largest absolute Gasteiger partial charge is 0.329 e. The highest BCUT2D eigenvalue weighted by molar-refractivity contribution is 6.30. The topological polar surface area (TPSA) is 32.5 Å². The first-order valence-corrected chi connectivity index (χ1v) is 7.46. The minimum absolute atomic E-state index is 0.134. The molecule has 20 heavy (non-hydrogen) atoms. The van der Waals surface area contributed by atoms with Gasteiger partial charge in [0.2, 0.25) is 0 Å². The molecule has 0 spiro atoms. The number of nitrogens with two attached hydrogens (primary N) is 1. The van der Waals surface area contributed by atoms with Crippen LogP contribution in [0.1, 0.15) is 24.4 Å². The van der Waals surface area contributed by atoms with Crippen molar-refractivity contribution in [1.82, 2.24) is 9.80 Å². The lowest BCUT2D eigenvalue weighted by molar-refractivity contribution is 0.0996. The standard InChI is InChI=1S/C15H23ClFN3/c1-19-7-3-4-12(10-19)20(2)15(9-18)13-8-11(16)5-6-14(13)17/h5-6,8,12,15H,3-4,7,9-10,18H2,1-2H3. The minimum atomic E-state index is -0.235. The van der Waals surface area contributed by atoms with Crippen LogP contribution in [0.5, 0.6) is 0 Å². The van der Waals surface area contributed by atoms with Gasteiger partial charge in [0.15, 0.2) is 0 Å². The molecule has 0 radical (unpaired) electrons. The van der Waals surface area contributed by atoms with Gasteiger partial charge in [-0.05, 0) is 51.7 Å². The maximum absolute atomic E-state index is 14.1. The Morgan fingerprint density at radius 1 is 1.55 bits per heavy atom. The van der Waals surface area contributed by atoms with Gasteiger partial charge in [-0.2, -0.15) is 0 Å². The van der Waals surface area contributed by atoms with Crippen molar-refractivity contribution in [3.8, 4) is 0 Å². The first-order valence-electron chi connectivity index (χ1n) is 7.08. The number of rotatable bonds is 4. The zero-order valence-corrected chi connectivity index (χ0v) is 12.9. The fraction of sp³-hybridized carbons (Fsp3) is 0.600. The summed E-state index contributed by atoms with van der Waals surface area (Å²) in [6.45, 7) is 2.51. The van der Waals surface area contributed by atoms with E-state index in [1.54, 1.807) is 12.1 Å².